The van der Waals surface area contributed by atoms with Gasteiger partial charge in [0.2, 0.25) is 0 Å². The first-order chi connectivity index (χ1) is 16.6. The van der Waals surface area contributed by atoms with Crippen molar-refractivity contribution in [3.63, 3.8) is 0 Å². The van der Waals surface area contributed by atoms with Crippen molar-refractivity contribution in [2.45, 2.75) is 111 Å². The maximum absolute atomic E-state index is 12.0. The topological polar surface area (TPSA) is 40.5 Å². The first kappa shape index (κ1) is 27.4. The van der Waals surface area contributed by atoms with Gasteiger partial charge in [0.25, 0.3) is 0 Å². The van der Waals surface area contributed by atoms with Crippen LogP contribution >= 0.6 is 0 Å². The molecule has 0 aliphatic heterocycles. The molecule has 4 unspecified atom stereocenters. The number of aromatic hydroxyl groups is 2. The Kier molecular flexibility index (Phi) is 9.50. The Balaban J connectivity index is 2.15. The SMILES string of the molecule is C=C(C)C1CCC(C)=CC1c1c(O)cc(CCCCCCC)c(C2C=C(C)CCC2C(=C)C)c1O. The van der Waals surface area contributed by atoms with E-state index in [0.717, 1.165) is 55.2 Å². The van der Waals surface area contributed by atoms with Crippen LogP contribution in [0.15, 0.2) is 53.7 Å². The van der Waals surface area contributed by atoms with Crippen molar-refractivity contribution in [2.75, 3.05) is 0 Å². The van der Waals surface area contributed by atoms with Crippen LogP contribution < -0.4 is 0 Å². The number of rotatable bonds is 10. The standard InChI is InChI=1S/C33H48O2/c1-8-9-10-11-12-13-25-20-30(34)32(29-19-24(7)15-17-27(29)22(4)5)33(35)31(25)28-18-23(6)14-16-26(28)21(2)3/h18-20,26-29,34-35H,2,4,8-17H2,1,3,5-7H3. The summed E-state index contributed by atoms with van der Waals surface area (Å²) < 4.78 is 0. The van der Waals surface area contributed by atoms with E-state index in [-0.39, 0.29) is 23.5 Å². The van der Waals surface area contributed by atoms with Crippen molar-refractivity contribution >= 4 is 0 Å². The molecule has 0 amide bonds. The molecule has 0 spiro atoms. The number of unbranched alkanes of at least 4 members (excludes halogenated alkanes) is 4. The van der Waals surface area contributed by atoms with Gasteiger partial charge < -0.3 is 10.2 Å². The van der Waals surface area contributed by atoms with Crippen LogP contribution in [-0.2, 0) is 6.42 Å². The summed E-state index contributed by atoms with van der Waals surface area (Å²) in [5, 5.41) is 23.3. The molecule has 3 rings (SSSR count). The van der Waals surface area contributed by atoms with Crippen molar-refractivity contribution in [3.8, 4) is 11.5 Å². The van der Waals surface area contributed by atoms with Gasteiger partial charge in [-0.2, -0.15) is 0 Å². The monoisotopic (exact) mass is 476 g/mol. The summed E-state index contributed by atoms with van der Waals surface area (Å²) in [6.45, 7) is 19.4. The fraction of sp³-hybridized carbons (Fsp3) is 0.576. The lowest BCUT2D eigenvalue weighted by atomic mass is 9.69. The number of phenols is 2. The third kappa shape index (κ3) is 6.32. The molecule has 0 fully saturated rings. The molecule has 0 heterocycles. The molecule has 35 heavy (non-hydrogen) atoms. The van der Waals surface area contributed by atoms with Gasteiger partial charge in [-0.25, -0.2) is 0 Å². The molecule has 2 aliphatic rings. The van der Waals surface area contributed by atoms with Crippen LogP contribution in [0, 0.1) is 11.8 Å². The summed E-state index contributed by atoms with van der Waals surface area (Å²) in [6, 6.07) is 1.98. The van der Waals surface area contributed by atoms with Crippen LogP contribution in [0.2, 0.25) is 0 Å². The summed E-state index contributed by atoms with van der Waals surface area (Å²) in [4.78, 5) is 0. The van der Waals surface area contributed by atoms with Crippen LogP contribution in [0.3, 0.4) is 0 Å². The Bertz CT molecular complexity index is 993. The van der Waals surface area contributed by atoms with E-state index in [1.54, 1.807) is 0 Å². The van der Waals surface area contributed by atoms with Gasteiger partial charge in [0.1, 0.15) is 11.5 Å². The molecule has 0 bridgehead atoms. The van der Waals surface area contributed by atoms with Crippen molar-refractivity contribution in [1.29, 1.82) is 0 Å². The molecule has 2 aliphatic carbocycles. The number of allylic oxidation sites excluding steroid dienone is 6. The smallest absolute Gasteiger partial charge is 0.127 e. The molecule has 1 aromatic rings. The predicted octanol–water partition coefficient (Wildman–Crippen LogP) is 9.64. The Morgan fingerprint density at radius 3 is 1.86 bits per heavy atom. The minimum absolute atomic E-state index is 0.0458. The number of hydrogen-bond donors (Lipinski definition) is 2. The second-order valence-electron chi connectivity index (χ2n) is 11.5. The Labute approximate surface area is 214 Å². The maximum Gasteiger partial charge on any atom is 0.127 e. The Morgan fingerprint density at radius 1 is 0.829 bits per heavy atom. The first-order valence-corrected chi connectivity index (χ1v) is 13.9. The van der Waals surface area contributed by atoms with E-state index in [2.05, 4.69) is 59.9 Å². The van der Waals surface area contributed by atoms with Gasteiger partial charge in [0.15, 0.2) is 0 Å². The van der Waals surface area contributed by atoms with E-state index in [4.69, 9.17) is 0 Å². The molecule has 0 radical (unpaired) electrons. The van der Waals surface area contributed by atoms with Gasteiger partial charge >= 0.3 is 0 Å². The van der Waals surface area contributed by atoms with E-state index in [1.807, 2.05) is 6.07 Å². The number of hydrogen-bond acceptors (Lipinski definition) is 2. The highest BCUT2D eigenvalue weighted by Gasteiger charge is 2.35. The minimum atomic E-state index is -0.0458. The molecular formula is C33H48O2. The molecule has 2 heteroatoms. The quantitative estimate of drug-likeness (QED) is 0.261. The molecule has 4 atom stereocenters. The molecule has 0 aromatic heterocycles. The van der Waals surface area contributed by atoms with Gasteiger partial charge in [0, 0.05) is 23.0 Å². The van der Waals surface area contributed by atoms with Gasteiger partial charge in [-0.3, -0.25) is 0 Å². The summed E-state index contributed by atoms with van der Waals surface area (Å²) in [7, 11) is 0. The average Bonchev–Trinajstić information content (AvgIpc) is 2.78. The third-order valence-corrected chi connectivity index (χ3v) is 8.42. The van der Waals surface area contributed by atoms with Crippen molar-refractivity contribution in [3.05, 3.63) is 70.4 Å². The Hall–Kier alpha value is -2.22. The zero-order valence-corrected chi connectivity index (χ0v) is 22.9. The second-order valence-corrected chi connectivity index (χ2v) is 11.5. The zero-order chi connectivity index (χ0) is 25.7. The van der Waals surface area contributed by atoms with Gasteiger partial charge in [-0.15, -0.1) is 0 Å². The second kappa shape index (κ2) is 12.2. The average molecular weight is 477 g/mol. The van der Waals surface area contributed by atoms with Crippen LogP contribution in [0.1, 0.15) is 121 Å². The lowest BCUT2D eigenvalue weighted by Crippen LogP contribution is -2.21. The fourth-order valence-corrected chi connectivity index (χ4v) is 6.38. The zero-order valence-electron chi connectivity index (χ0n) is 22.9. The van der Waals surface area contributed by atoms with Crippen molar-refractivity contribution < 1.29 is 10.2 Å². The summed E-state index contributed by atoms with van der Waals surface area (Å²) in [5.74, 6) is 1.13. The number of benzene rings is 1. The maximum atomic E-state index is 12.0. The third-order valence-electron chi connectivity index (χ3n) is 8.42. The van der Waals surface area contributed by atoms with E-state index in [1.165, 1.54) is 42.4 Å². The summed E-state index contributed by atoms with van der Waals surface area (Å²) in [6.07, 6.45) is 15.7. The highest BCUT2D eigenvalue weighted by atomic mass is 16.3. The van der Waals surface area contributed by atoms with Crippen molar-refractivity contribution in [2.24, 2.45) is 11.8 Å². The largest absolute Gasteiger partial charge is 0.507 e. The number of phenolic OH excluding ortho intramolecular Hbond substituents is 2. The molecule has 192 valence electrons. The van der Waals surface area contributed by atoms with Crippen LogP contribution in [0.5, 0.6) is 11.5 Å². The molecule has 0 saturated carbocycles. The molecule has 0 saturated heterocycles. The van der Waals surface area contributed by atoms with E-state index in [0.29, 0.717) is 17.2 Å². The molecule has 1 aromatic carbocycles. The van der Waals surface area contributed by atoms with Gasteiger partial charge in [0.05, 0.1) is 0 Å². The summed E-state index contributed by atoms with van der Waals surface area (Å²) in [5.41, 5.74) is 7.81. The van der Waals surface area contributed by atoms with Crippen LogP contribution in [0.25, 0.3) is 0 Å². The highest BCUT2D eigenvalue weighted by Crippen LogP contribution is 2.52. The molecule has 2 nitrogen and oxygen atoms in total. The molecule has 2 N–H and O–H groups in total. The van der Waals surface area contributed by atoms with Crippen LogP contribution in [0.4, 0.5) is 0 Å². The lowest BCUT2D eigenvalue weighted by Gasteiger charge is -2.35. The summed E-state index contributed by atoms with van der Waals surface area (Å²) >= 11 is 0. The van der Waals surface area contributed by atoms with Gasteiger partial charge in [-0.05, 0) is 89.7 Å². The normalized spacial score (nSPS) is 24.6. The minimum Gasteiger partial charge on any atom is -0.507 e. The van der Waals surface area contributed by atoms with E-state index >= 15 is 0 Å². The predicted molar refractivity (Wildman–Crippen MR) is 150 cm³/mol. The lowest BCUT2D eigenvalue weighted by molar-refractivity contribution is 0.392. The number of aryl methyl sites for hydroxylation is 1. The molecular weight excluding hydrogens is 428 g/mol. The van der Waals surface area contributed by atoms with Crippen molar-refractivity contribution in [1.82, 2.24) is 0 Å². The van der Waals surface area contributed by atoms with E-state index < -0.39 is 0 Å². The van der Waals surface area contributed by atoms with Gasteiger partial charge in [-0.1, -0.05) is 80.2 Å². The van der Waals surface area contributed by atoms with Crippen LogP contribution in [-0.4, -0.2) is 10.2 Å². The Morgan fingerprint density at radius 2 is 1.34 bits per heavy atom. The first-order valence-electron chi connectivity index (χ1n) is 13.9. The van der Waals surface area contributed by atoms with E-state index in [9.17, 15) is 10.2 Å². The fourth-order valence-electron chi connectivity index (χ4n) is 6.38. The highest BCUT2D eigenvalue weighted by molar-refractivity contribution is 5.59.